The summed E-state index contributed by atoms with van der Waals surface area (Å²) in [5.41, 5.74) is 2.63. The summed E-state index contributed by atoms with van der Waals surface area (Å²) in [5.74, 6) is -1.06. The van der Waals surface area contributed by atoms with E-state index in [4.69, 9.17) is 0 Å². The van der Waals surface area contributed by atoms with Crippen molar-refractivity contribution >= 4 is 45.6 Å². The van der Waals surface area contributed by atoms with Gasteiger partial charge in [0.05, 0.1) is 16.9 Å². The van der Waals surface area contributed by atoms with Crippen LogP contribution in [0.2, 0.25) is 0 Å². The maximum absolute atomic E-state index is 14.6. The van der Waals surface area contributed by atoms with Crippen molar-refractivity contribution < 1.29 is 34.6 Å². The van der Waals surface area contributed by atoms with Crippen LogP contribution in [0, 0.1) is 5.92 Å². The van der Waals surface area contributed by atoms with Crippen LogP contribution in [-0.2, 0) is 22.4 Å². The fourth-order valence-corrected chi connectivity index (χ4v) is 8.63. The molecule has 0 aliphatic carbocycles. The van der Waals surface area contributed by atoms with E-state index < -0.39 is 18.1 Å². The number of amides is 5. The van der Waals surface area contributed by atoms with Crippen LogP contribution < -0.4 is 5.32 Å². The van der Waals surface area contributed by atoms with E-state index >= 15 is 0 Å². The van der Waals surface area contributed by atoms with Crippen molar-refractivity contribution in [3.05, 3.63) is 58.1 Å². The van der Waals surface area contributed by atoms with Gasteiger partial charge in [0.15, 0.2) is 0 Å². The third-order valence-electron chi connectivity index (χ3n) is 11.1. The number of hydrogen-bond acceptors (Lipinski definition) is 8. The average molecular weight is 771 g/mol. The molecule has 0 aromatic heterocycles. The number of phenolic OH excluding ortho intramolecular Hbond substituents is 1. The van der Waals surface area contributed by atoms with Crippen molar-refractivity contribution in [3.63, 3.8) is 0 Å². The molecule has 0 saturated carbocycles. The predicted molar refractivity (Wildman–Crippen MR) is 193 cm³/mol. The lowest BCUT2D eigenvalue weighted by atomic mass is 9.82. The van der Waals surface area contributed by atoms with Crippen molar-refractivity contribution in [2.75, 3.05) is 71.3 Å². The Morgan fingerprint density at radius 1 is 0.961 bits per heavy atom. The highest BCUT2D eigenvalue weighted by molar-refractivity contribution is 9.10. The molecule has 0 spiro atoms. The number of likely N-dealkylation sites (N-methyl/N-ethyl adjacent to an activating group) is 1. The maximum Gasteiger partial charge on any atom is 0.407 e. The summed E-state index contributed by atoms with van der Waals surface area (Å²) in [7, 11) is 1.33. The van der Waals surface area contributed by atoms with Gasteiger partial charge in [0.1, 0.15) is 5.75 Å². The highest BCUT2D eigenvalue weighted by atomic mass is 79.9. The molecule has 276 valence electrons. The summed E-state index contributed by atoms with van der Waals surface area (Å²) >= 11 is 3.40. The summed E-state index contributed by atoms with van der Waals surface area (Å²) < 4.78 is 0.497. The van der Waals surface area contributed by atoms with Gasteiger partial charge in [-0.1, -0.05) is 24.3 Å². The molecule has 5 amide bonds. The van der Waals surface area contributed by atoms with Gasteiger partial charge in [0.2, 0.25) is 5.91 Å². The molecule has 3 atom stereocenters. The normalized spacial score (nSPS) is 22.9. The number of rotatable bonds is 8. The number of carboxylic acid groups (broad SMARTS) is 1. The molecule has 2 unspecified atom stereocenters. The number of carbonyl (C=O) groups is 4. The van der Waals surface area contributed by atoms with Crippen LogP contribution in [0.1, 0.15) is 36.8 Å². The van der Waals surface area contributed by atoms with Crippen LogP contribution in [0.4, 0.5) is 15.3 Å². The summed E-state index contributed by atoms with van der Waals surface area (Å²) in [6.45, 7) is 5.00. The Balaban J connectivity index is 1.17. The summed E-state index contributed by atoms with van der Waals surface area (Å²) in [4.78, 5) is 62.4. The Bertz CT molecular complexity index is 1600. The number of piperidine rings is 2. The molecule has 0 radical (unpaired) electrons. The quantitative estimate of drug-likeness (QED) is 0.233. The number of benzene rings is 2. The molecule has 4 heterocycles. The number of fused-ring (bicyclic) bond motifs is 1. The smallest absolute Gasteiger partial charge is 0.407 e. The van der Waals surface area contributed by atoms with Gasteiger partial charge in [-0.05, 0) is 83.8 Å². The number of aromatic hydroxyl groups is 1. The van der Waals surface area contributed by atoms with E-state index in [9.17, 15) is 34.6 Å². The minimum atomic E-state index is -1.08. The van der Waals surface area contributed by atoms with Crippen LogP contribution in [0.15, 0.2) is 46.9 Å². The lowest BCUT2D eigenvalue weighted by Gasteiger charge is -2.46. The second-order valence-electron chi connectivity index (χ2n) is 14.1. The second kappa shape index (κ2) is 16.2. The van der Waals surface area contributed by atoms with Crippen molar-refractivity contribution in [1.82, 2.24) is 29.6 Å². The Hall–Kier alpha value is -3.92. The summed E-state index contributed by atoms with van der Waals surface area (Å²) in [6.07, 6.45) is 2.24. The number of anilines is 1. The Morgan fingerprint density at radius 2 is 1.67 bits per heavy atom. The van der Waals surface area contributed by atoms with Crippen LogP contribution in [0.3, 0.4) is 0 Å². The number of nitrogens with zero attached hydrogens (tertiary/aromatic N) is 6. The highest BCUT2D eigenvalue weighted by Gasteiger charge is 2.44. The van der Waals surface area contributed by atoms with Gasteiger partial charge in [-0.3, -0.25) is 24.6 Å². The first kappa shape index (κ1) is 36.9. The number of likely N-dealkylation sites (tertiary alicyclic amines) is 2. The molecular weight excluding hydrogens is 722 g/mol. The summed E-state index contributed by atoms with van der Waals surface area (Å²) in [6, 6.07) is 12.0. The number of phenols is 1. The first-order chi connectivity index (χ1) is 24.5. The standard InChI is InChI=1S/C36H48BrN7O7/c1-39(51)33(46)23-40-16-18-41(19-17-40)26-9-12-42(13-10-26)34(47)28(20-24-6-7-32(45)29(37)21-24)31-22-27(11-15-44(31)36(49)50)43-14-8-25-4-2-3-5-30(25)38-35(43)48/h2-7,21,26-28,31,45,51H,8-20,22-23H2,1H3,(H,38,48)(H,49,50)/t27?,28?,31-/m1/s1. The number of hydrogen-bond donors (Lipinski definition) is 4. The molecule has 3 saturated heterocycles. The van der Waals surface area contributed by atoms with Gasteiger partial charge in [-0.2, -0.15) is 0 Å². The molecule has 4 N–H and O–H groups in total. The molecule has 3 fully saturated rings. The van der Waals surface area contributed by atoms with E-state index in [2.05, 4.69) is 26.1 Å². The molecule has 14 nitrogen and oxygen atoms in total. The lowest BCUT2D eigenvalue weighted by molar-refractivity contribution is -0.161. The summed E-state index contributed by atoms with van der Waals surface area (Å²) in [5, 5.41) is 33.7. The van der Waals surface area contributed by atoms with Crippen LogP contribution in [0.25, 0.3) is 0 Å². The topological polar surface area (TPSA) is 160 Å². The Labute approximate surface area is 306 Å². The number of nitrogens with one attached hydrogen (secondary N) is 1. The van der Waals surface area contributed by atoms with Crippen molar-refractivity contribution in [1.29, 1.82) is 0 Å². The molecule has 6 rings (SSSR count). The maximum atomic E-state index is 14.6. The van der Waals surface area contributed by atoms with Gasteiger partial charge in [0.25, 0.3) is 5.91 Å². The fourth-order valence-electron chi connectivity index (χ4n) is 8.20. The number of hydroxylamine groups is 2. The molecule has 2 aromatic carbocycles. The number of para-hydroxylation sites is 1. The number of carbonyl (C=O) groups excluding carboxylic acids is 3. The average Bonchev–Trinajstić information content (AvgIpc) is 3.29. The zero-order valence-corrected chi connectivity index (χ0v) is 30.6. The first-order valence-corrected chi connectivity index (χ1v) is 18.6. The van der Waals surface area contributed by atoms with E-state index in [1.807, 2.05) is 39.0 Å². The van der Waals surface area contributed by atoms with Crippen LogP contribution in [-0.4, -0.2) is 153 Å². The van der Waals surface area contributed by atoms with Gasteiger partial charge >= 0.3 is 12.1 Å². The molecule has 15 heteroatoms. The molecule has 0 bridgehead atoms. The number of urea groups is 1. The SMILES string of the molecule is CN(O)C(=O)CN1CCN(C2CCN(C(=O)C(Cc3ccc(O)c(Br)c3)[C@H]3CC(N4CCc5ccccc5NC4=O)CCN3C(=O)O)CC2)CC1. The van der Waals surface area contributed by atoms with E-state index in [0.717, 1.165) is 55.8 Å². The molecular formula is C36H48BrN7O7. The van der Waals surface area contributed by atoms with Crippen molar-refractivity contribution in [2.45, 2.75) is 56.7 Å². The van der Waals surface area contributed by atoms with Gasteiger partial charge < -0.3 is 30.2 Å². The predicted octanol–water partition coefficient (Wildman–Crippen LogP) is 3.37. The largest absolute Gasteiger partial charge is 0.507 e. The molecule has 4 aliphatic heterocycles. The zero-order chi connectivity index (χ0) is 36.2. The van der Waals surface area contributed by atoms with Gasteiger partial charge in [-0.15, -0.1) is 0 Å². The van der Waals surface area contributed by atoms with Crippen molar-refractivity contribution in [2.24, 2.45) is 5.92 Å². The molecule has 51 heavy (non-hydrogen) atoms. The minimum absolute atomic E-state index is 0.0786. The van der Waals surface area contributed by atoms with Crippen LogP contribution in [0.5, 0.6) is 5.75 Å². The van der Waals surface area contributed by atoms with E-state index in [1.54, 1.807) is 18.2 Å². The molecule has 2 aromatic rings. The highest BCUT2D eigenvalue weighted by Crippen LogP contribution is 2.34. The van der Waals surface area contributed by atoms with Crippen molar-refractivity contribution in [3.8, 4) is 5.75 Å². The first-order valence-electron chi connectivity index (χ1n) is 17.8. The molecule has 4 aliphatic rings. The van der Waals surface area contributed by atoms with Gasteiger partial charge in [-0.25, -0.2) is 14.7 Å². The monoisotopic (exact) mass is 769 g/mol. The number of halogens is 1. The van der Waals surface area contributed by atoms with E-state index in [0.29, 0.717) is 54.5 Å². The number of piperazine rings is 1. The second-order valence-corrected chi connectivity index (χ2v) is 15.0. The van der Waals surface area contributed by atoms with E-state index in [-0.39, 0.29) is 49.1 Å². The van der Waals surface area contributed by atoms with Crippen LogP contribution >= 0.6 is 15.9 Å². The third-order valence-corrected chi connectivity index (χ3v) is 11.7. The van der Waals surface area contributed by atoms with Gasteiger partial charge in [0, 0.05) is 83.2 Å². The zero-order valence-electron chi connectivity index (χ0n) is 29.0. The Kier molecular flexibility index (Phi) is 11.7. The van der Waals surface area contributed by atoms with E-state index in [1.165, 1.54) is 11.9 Å². The fraction of sp³-hybridized carbons (Fsp3) is 0.556. The lowest BCUT2D eigenvalue weighted by Crippen LogP contribution is -2.59. The Morgan fingerprint density at radius 3 is 2.35 bits per heavy atom. The third kappa shape index (κ3) is 8.59. The minimum Gasteiger partial charge on any atom is -0.507 e.